The minimum Gasteiger partial charge on any atom is -0.343 e. The Balaban J connectivity index is 2.17. The minimum absolute atomic E-state index is 0.333. The second-order valence-corrected chi connectivity index (χ2v) is 7.39. The SMILES string of the molecule is CCCCCCCCC(c1ccc(-c2ccc(F)cc2F)cc1)C(O)(OC)OC. The Morgan fingerprint density at radius 1 is 0.897 bits per heavy atom. The van der Waals surface area contributed by atoms with E-state index in [1.807, 2.05) is 12.1 Å². The first-order chi connectivity index (χ1) is 13.9. The van der Waals surface area contributed by atoms with Gasteiger partial charge in [-0.2, -0.15) is 0 Å². The molecule has 0 fully saturated rings. The fraction of sp³-hybridized carbons (Fsp3) is 0.500. The second kappa shape index (κ2) is 11.4. The van der Waals surface area contributed by atoms with Gasteiger partial charge in [0, 0.05) is 25.8 Å². The first-order valence-corrected chi connectivity index (χ1v) is 10.3. The van der Waals surface area contributed by atoms with Gasteiger partial charge in [-0.1, -0.05) is 69.7 Å². The molecule has 0 aromatic heterocycles. The van der Waals surface area contributed by atoms with Crippen LogP contribution in [0.25, 0.3) is 11.1 Å². The normalized spacial score (nSPS) is 12.9. The van der Waals surface area contributed by atoms with Crippen molar-refractivity contribution in [3.05, 3.63) is 59.7 Å². The summed E-state index contributed by atoms with van der Waals surface area (Å²) in [5, 5.41) is 10.8. The lowest BCUT2D eigenvalue weighted by atomic mass is 9.89. The first kappa shape index (κ1) is 23.5. The van der Waals surface area contributed by atoms with Gasteiger partial charge in [-0.05, 0) is 29.7 Å². The van der Waals surface area contributed by atoms with Crippen molar-refractivity contribution in [3.63, 3.8) is 0 Å². The summed E-state index contributed by atoms with van der Waals surface area (Å²) in [4.78, 5) is 0. The van der Waals surface area contributed by atoms with Gasteiger partial charge in [0.15, 0.2) is 0 Å². The molecule has 2 aromatic rings. The standard InChI is InChI=1S/C24H32F2O3/c1-4-5-6-7-8-9-10-22(24(27,28-2)29-3)19-13-11-18(12-14-19)21-16-15-20(25)17-23(21)26/h11-17,22,27H,4-10H2,1-3H3. The van der Waals surface area contributed by atoms with Crippen molar-refractivity contribution in [1.82, 2.24) is 0 Å². The van der Waals surface area contributed by atoms with E-state index in [2.05, 4.69) is 6.92 Å². The maximum Gasteiger partial charge on any atom is 0.287 e. The van der Waals surface area contributed by atoms with Crippen LogP contribution < -0.4 is 0 Å². The molecule has 29 heavy (non-hydrogen) atoms. The predicted molar refractivity (Wildman–Crippen MR) is 111 cm³/mol. The molecule has 1 atom stereocenters. The highest BCUT2D eigenvalue weighted by Crippen LogP contribution is 2.36. The number of rotatable bonds is 12. The van der Waals surface area contributed by atoms with E-state index in [0.717, 1.165) is 24.5 Å². The number of aliphatic hydroxyl groups is 1. The molecule has 1 N–H and O–H groups in total. The van der Waals surface area contributed by atoms with Crippen LogP contribution in [0.4, 0.5) is 8.78 Å². The van der Waals surface area contributed by atoms with E-state index >= 15 is 0 Å². The summed E-state index contributed by atoms with van der Waals surface area (Å²) in [5.41, 5.74) is 1.82. The maximum absolute atomic E-state index is 14.1. The molecule has 3 nitrogen and oxygen atoms in total. The van der Waals surface area contributed by atoms with Crippen LogP contribution in [-0.4, -0.2) is 25.3 Å². The quantitative estimate of drug-likeness (QED) is 0.327. The monoisotopic (exact) mass is 406 g/mol. The largest absolute Gasteiger partial charge is 0.343 e. The molecule has 1 unspecified atom stereocenters. The Kier molecular flexibility index (Phi) is 9.21. The first-order valence-electron chi connectivity index (χ1n) is 10.3. The molecule has 0 bridgehead atoms. The topological polar surface area (TPSA) is 38.7 Å². The summed E-state index contributed by atoms with van der Waals surface area (Å²) in [6, 6.07) is 10.7. The van der Waals surface area contributed by atoms with Crippen molar-refractivity contribution in [2.24, 2.45) is 0 Å². The Bertz CT molecular complexity index is 742. The highest BCUT2D eigenvalue weighted by Gasteiger charge is 2.38. The van der Waals surface area contributed by atoms with Crippen LogP contribution >= 0.6 is 0 Å². The van der Waals surface area contributed by atoms with Crippen molar-refractivity contribution >= 4 is 0 Å². The number of methoxy groups -OCH3 is 2. The van der Waals surface area contributed by atoms with E-state index in [4.69, 9.17) is 9.47 Å². The van der Waals surface area contributed by atoms with Crippen molar-refractivity contribution < 1.29 is 23.4 Å². The third-order valence-electron chi connectivity index (χ3n) is 5.43. The molecular formula is C24H32F2O3. The number of hydrogen-bond acceptors (Lipinski definition) is 3. The molecule has 2 rings (SSSR count). The predicted octanol–water partition coefficient (Wildman–Crippen LogP) is 6.40. The molecule has 160 valence electrons. The number of halogens is 2. The number of ether oxygens (including phenoxy) is 2. The van der Waals surface area contributed by atoms with E-state index in [9.17, 15) is 13.9 Å². The van der Waals surface area contributed by atoms with Gasteiger partial charge in [-0.15, -0.1) is 0 Å². The highest BCUT2D eigenvalue weighted by molar-refractivity contribution is 5.64. The molecule has 5 heteroatoms. The molecule has 0 aliphatic carbocycles. The minimum atomic E-state index is -1.73. The van der Waals surface area contributed by atoms with E-state index in [-0.39, 0.29) is 5.92 Å². The van der Waals surface area contributed by atoms with Crippen LogP contribution in [0.1, 0.15) is 63.4 Å². The fourth-order valence-electron chi connectivity index (χ4n) is 3.67. The zero-order chi connectivity index (χ0) is 21.3. The van der Waals surface area contributed by atoms with E-state index in [1.165, 1.54) is 52.0 Å². The lowest BCUT2D eigenvalue weighted by Crippen LogP contribution is -2.40. The zero-order valence-corrected chi connectivity index (χ0v) is 17.6. The van der Waals surface area contributed by atoms with E-state index < -0.39 is 17.6 Å². The smallest absolute Gasteiger partial charge is 0.287 e. The molecule has 0 saturated carbocycles. The van der Waals surface area contributed by atoms with Gasteiger partial charge < -0.3 is 14.6 Å². The van der Waals surface area contributed by atoms with Crippen LogP contribution in [0, 0.1) is 11.6 Å². The number of hydrogen-bond donors (Lipinski definition) is 1. The van der Waals surface area contributed by atoms with Crippen LogP contribution in [0.5, 0.6) is 0 Å². The molecule has 2 aromatic carbocycles. The van der Waals surface area contributed by atoms with Crippen molar-refractivity contribution in [2.45, 2.75) is 63.8 Å². The van der Waals surface area contributed by atoms with Gasteiger partial charge in [0.25, 0.3) is 5.97 Å². The summed E-state index contributed by atoms with van der Waals surface area (Å²) in [6.45, 7) is 2.19. The van der Waals surface area contributed by atoms with Crippen molar-refractivity contribution in [1.29, 1.82) is 0 Å². The van der Waals surface area contributed by atoms with Gasteiger partial charge in [-0.3, -0.25) is 0 Å². The Morgan fingerprint density at radius 3 is 2.10 bits per heavy atom. The molecular weight excluding hydrogens is 374 g/mol. The van der Waals surface area contributed by atoms with Gasteiger partial charge >= 0.3 is 0 Å². The fourth-order valence-corrected chi connectivity index (χ4v) is 3.67. The summed E-state index contributed by atoms with van der Waals surface area (Å²) in [5.74, 6) is -3.32. The molecule has 0 spiro atoms. The lowest BCUT2D eigenvalue weighted by Gasteiger charge is -2.33. The number of unbranched alkanes of at least 4 members (excludes halogenated alkanes) is 5. The third kappa shape index (κ3) is 6.33. The molecule has 0 heterocycles. The average Bonchev–Trinajstić information content (AvgIpc) is 2.73. The van der Waals surface area contributed by atoms with Crippen LogP contribution in [0.15, 0.2) is 42.5 Å². The third-order valence-corrected chi connectivity index (χ3v) is 5.43. The summed E-state index contributed by atoms with van der Waals surface area (Å²) in [7, 11) is 2.83. The molecule has 0 aliphatic rings. The Labute approximate surface area is 172 Å². The second-order valence-electron chi connectivity index (χ2n) is 7.39. The summed E-state index contributed by atoms with van der Waals surface area (Å²) >= 11 is 0. The van der Waals surface area contributed by atoms with Crippen LogP contribution in [0.2, 0.25) is 0 Å². The van der Waals surface area contributed by atoms with Gasteiger partial charge in [0.05, 0.1) is 5.92 Å². The lowest BCUT2D eigenvalue weighted by molar-refractivity contribution is -0.353. The summed E-state index contributed by atoms with van der Waals surface area (Å²) < 4.78 is 37.8. The zero-order valence-electron chi connectivity index (χ0n) is 17.6. The van der Waals surface area contributed by atoms with Crippen LogP contribution in [0.3, 0.4) is 0 Å². The van der Waals surface area contributed by atoms with Gasteiger partial charge in [0.2, 0.25) is 0 Å². The van der Waals surface area contributed by atoms with E-state index in [0.29, 0.717) is 17.5 Å². The Hall–Kier alpha value is -1.82. The van der Waals surface area contributed by atoms with E-state index in [1.54, 1.807) is 12.1 Å². The highest BCUT2D eigenvalue weighted by atomic mass is 19.1. The molecule has 0 saturated heterocycles. The molecule has 0 radical (unpaired) electrons. The Morgan fingerprint density at radius 2 is 1.52 bits per heavy atom. The van der Waals surface area contributed by atoms with Gasteiger partial charge in [-0.25, -0.2) is 8.78 Å². The number of benzene rings is 2. The van der Waals surface area contributed by atoms with Gasteiger partial charge in [0.1, 0.15) is 11.6 Å². The summed E-state index contributed by atoms with van der Waals surface area (Å²) in [6.07, 6.45) is 7.56. The van der Waals surface area contributed by atoms with Crippen molar-refractivity contribution in [3.8, 4) is 11.1 Å². The average molecular weight is 407 g/mol. The molecule has 0 aliphatic heterocycles. The van der Waals surface area contributed by atoms with Crippen LogP contribution in [-0.2, 0) is 9.47 Å². The van der Waals surface area contributed by atoms with Crippen molar-refractivity contribution in [2.75, 3.05) is 14.2 Å². The maximum atomic E-state index is 14.1. The molecule has 0 amide bonds.